The van der Waals surface area contributed by atoms with Crippen LogP contribution in [0.15, 0.2) is 0 Å². The minimum absolute atomic E-state index is 0.399. The molecular formula is C17H31N3. The van der Waals surface area contributed by atoms with Crippen molar-refractivity contribution in [3.8, 4) is 0 Å². The maximum Gasteiger partial charge on any atom is 0.0644 e. The molecule has 1 aliphatic rings. The van der Waals surface area contributed by atoms with Gasteiger partial charge in [0.2, 0.25) is 0 Å². The molecule has 114 valence electrons. The molecule has 0 aliphatic heterocycles. The van der Waals surface area contributed by atoms with Crippen LogP contribution in [-0.2, 0) is 7.05 Å². The summed E-state index contributed by atoms with van der Waals surface area (Å²) >= 11 is 0. The summed E-state index contributed by atoms with van der Waals surface area (Å²) in [5, 5.41) is 8.45. The Balaban J connectivity index is 2.06. The summed E-state index contributed by atoms with van der Waals surface area (Å²) in [7, 11) is 2.04. The second-order valence-electron chi connectivity index (χ2n) is 6.51. The van der Waals surface area contributed by atoms with Crippen LogP contribution < -0.4 is 5.32 Å². The summed E-state index contributed by atoms with van der Waals surface area (Å²) in [5.41, 5.74) is 3.85. The highest BCUT2D eigenvalue weighted by molar-refractivity contribution is 5.27. The lowest BCUT2D eigenvalue weighted by Gasteiger charge is -2.32. The third-order valence-electron chi connectivity index (χ3n) is 5.12. The van der Waals surface area contributed by atoms with Gasteiger partial charge in [-0.25, -0.2) is 0 Å². The predicted octanol–water partition coefficient (Wildman–Crippen LogP) is 4.05. The summed E-state index contributed by atoms with van der Waals surface area (Å²) < 4.78 is 2.00. The lowest BCUT2D eigenvalue weighted by Crippen LogP contribution is -2.38. The van der Waals surface area contributed by atoms with E-state index in [1.807, 2.05) is 11.7 Å². The molecule has 1 fully saturated rings. The summed E-state index contributed by atoms with van der Waals surface area (Å²) in [5.74, 6) is 0.869. The van der Waals surface area contributed by atoms with Crippen molar-refractivity contribution in [3.05, 3.63) is 17.0 Å². The maximum absolute atomic E-state index is 4.55. The molecular weight excluding hydrogens is 246 g/mol. The Morgan fingerprint density at radius 1 is 1.25 bits per heavy atom. The second kappa shape index (κ2) is 6.75. The first-order valence-electron chi connectivity index (χ1n) is 8.30. The van der Waals surface area contributed by atoms with E-state index in [0.29, 0.717) is 12.1 Å². The molecule has 1 aromatic heterocycles. The lowest BCUT2D eigenvalue weighted by molar-refractivity contribution is 0.249. The highest BCUT2D eigenvalue weighted by atomic mass is 15.3. The van der Waals surface area contributed by atoms with Crippen molar-refractivity contribution in [2.24, 2.45) is 13.0 Å². The number of hydrogen-bond acceptors (Lipinski definition) is 2. The Morgan fingerprint density at radius 2 is 1.90 bits per heavy atom. The molecule has 0 bridgehead atoms. The molecule has 1 saturated carbocycles. The molecule has 20 heavy (non-hydrogen) atoms. The van der Waals surface area contributed by atoms with Crippen molar-refractivity contribution in [1.29, 1.82) is 0 Å². The van der Waals surface area contributed by atoms with Crippen LogP contribution in [0, 0.1) is 19.8 Å². The summed E-state index contributed by atoms with van der Waals surface area (Å²) in [4.78, 5) is 0. The van der Waals surface area contributed by atoms with Crippen LogP contribution in [0.2, 0.25) is 0 Å². The van der Waals surface area contributed by atoms with E-state index >= 15 is 0 Å². The van der Waals surface area contributed by atoms with Crippen LogP contribution >= 0.6 is 0 Å². The zero-order valence-electron chi connectivity index (χ0n) is 13.9. The molecule has 1 aliphatic carbocycles. The Morgan fingerprint density at radius 3 is 2.40 bits per heavy atom. The third-order valence-corrected chi connectivity index (χ3v) is 5.12. The fourth-order valence-corrected chi connectivity index (χ4v) is 3.94. The molecule has 3 heteroatoms. The van der Waals surface area contributed by atoms with Gasteiger partial charge in [0.05, 0.1) is 5.69 Å². The highest BCUT2D eigenvalue weighted by Crippen LogP contribution is 2.30. The molecule has 0 saturated heterocycles. The molecule has 0 radical (unpaired) electrons. The zero-order valence-corrected chi connectivity index (χ0v) is 13.9. The molecule has 1 heterocycles. The lowest BCUT2D eigenvalue weighted by atomic mass is 9.82. The fraction of sp³-hybridized carbons (Fsp3) is 0.824. The minimum atomic E-state index is 0.399. The molecule has 2 unspecified atom stereocenters. The molecule has 0 amide bonds. The van der Waals surface area contributed by atoms with Gasteiger partial charge in [-0.3, -0.25) is 4.68 Å². The van der Waals surface area contributed by atoms with E-state index in [1.165, 1.54) is 55.5 Å². The first-order chi connectivity index (χ1) is 9.54. The van der Waals surface area contributed by atoms with Crippen molar-refractivity contribution in [3.63, 3.8) is 0 Å². The summed E-state index contributed by atoms with van der Waals surface area (Å²) in [6.45, 7) is 8.92. The Hall–Kier alpha value is -0.830. The van der Waals surface area contributed by atoms with E-state index in [1.54, 1.807) is 0 Å². The largest absolute Gasteiger partial charge is 0.307 e. The van der Waals surface area contributed by atoms with Gasteiger partial charge >= 0.3 is 0 Å². The summed E-state index contributed by atoms with van der Waals surface area (Å²) in [6.07, 6.45) is 8.31. The molecule has 0 spiro atoms. The highest BCUT2D eigenvalue weighted by Gasteiger charge is 2.25. The quantitative estimate of drug-likeness (QED) is 0.880. The van der Waals surface area contributed by atoms with Crippen molar-refractivity contribution >= 4 is 0 Å². The zero-order chi connectivity index (χ0) is 14.7. The second-order valence-corrected chi connectivity index (χ2v) is 6.51. The van der Waals surface area contributed by atoms with Crippen molar-refractivity contribution < 1.29 is 0 Å². The Labute approximate surface area is 124 Å². The van der Waals surface area contributed by atoms with Crippen LogP contribution in [-0.4, -0.2) is 15.8 Å². The van der Waals surface area contributed by atoms with E-state index < -0.39 is 0 Å². The maximum atomic E-state index is 4.55. The smallest absolute Gasteiger partial charge is 0.0644 e. The summed E-state index contributed by atoms with van der Waals surface area (Å²) in [6, 6.07) is 1.06. The first kappa shape index (κ1) is 15.6. The molecule has 2 atom stereocenters. The first-order valence-corrected chi connectivity index (χ1v) is 8.30. The molecule has 3 nitrogen and oxygen atoms in total. The van der Waals surface area contributed by atoms with Gasteiger partial charge in [0.1, 0.15) is 0 Å². The Kier molecular flexibility index (Phi) is 5.25. The topological polar surface area (TPSA) is 29.9 Å². The SMILES string of the molecule is CCC(NC(C)c1c(C)nn(C)c1C)C1CCCCC1. The number of rotatable bonds is 5. The average molecular weight is 277 g/mol. The number of nitrogens with one attached hydrogen (secondary N) is 1. The fourth-order valence-electron chi connectivity index (χ4n) is 3.94. The molecule has 2 rings (SSSR count). The van der Waals surface area contributed by atoms with E-state index in [2.05, 4.69) is 38.1 Å². The van der Waals surface area contributed by atoms with Crippen molar-refractivity contribution in [2.75, 3.05) is 0 Å². The average Bonchev–Trinajstić information content (AvgIpc) is 2.70. The van der Waals surface area contributed by atoms with E-state index in [-0.39, 0.29) is 0 Å². The number of hydrogen-bond donors (Lipinski definition) is 1. The normalized spacial score (nSPS) is 20.1. The van der Waals surface area contributed by atoms with Crippen LogP contribution in [0.25, 0.3) is 0 Å². The van der Waals surface area contributed by atoms with Gasteiger partial charge < -0.3 is 5.32 Å². The van der Waals surface area contributed by atoms with Gasteiger partial charge in [0.25, 0.3) is 0 Å². The Bertz CT molecular complexity index is 430. The van der Waals surface area contributed by atoms with Crippen LogP contribution in [0.4, 0.5) is 0 Å². The third kappa shape index (κ3) is 3.25. The van der Waals surface area contributed by atoms with Crippen LogP contribution in [0.1, 0.15) is 75.4 Å². The molecule has 1 aromatic rings. The van der Waals surface area contributed by atoms with Gasteiger partial charge in [0, 0.05) is 30.4 Å². The monoisotopic (exact) mass is 277 g/mol. The van der Waals surface area contributed by atoms with Gasteiger partial charge in [-0.1, -0.05) is 26.2 Å². The van der Waals surface area contributed by atoms with Crippen molar-refractivity contribution in [2.45, 2.75) is 78.3 Å². The van der Waals surface area contributed by atoms with Crippen LogP contribution in [0.5, 0.6) is 0 Å². The van der Waals surface area contributed by atoms with E-state index in [0.717, 1.165) is 5.92 Å². The van der Waals surface area contributed by atoms with Crippen molar-refractivity contribution in [1.82, 2.24) is 15.1 Å². The van der Waals surface area contributed by atoms with E-state index in [4.69, 9.17) is 0 Å². The van der Waals surface area contributed by atoms with Gasteiger partial charge in [-0.2, -0.15) is 5.10 Å². The number of nitrogens with zero attached hydrogens (tertiary/aromatic N) is 2. The minimum Gasteiger partial charge on any atom is -0.307 e. The number of aryl methyl sites for hydroxylation is 2. The molecule has 0 aromatic carbocycles. The molecule has 1 N–H and O–H groups in total. The van der Waals surface area contributed by atoms with Gasteiger partial charge in [-0.05, 0) is 46.0 Å². The van der Waals surface area contributed by atoms with Gasteiger partial charge in [0.15, 0.2) is 0 Å². The predicted molar refractivity (Wildman–Crippen MR) is 84.9 cm³/mol. The van der Waals surface area contributed by atoms with Gasteiger partial charge in [-0.15, -0.1) is 0 Å². The number of aromatic nitrogens is 2. The van der Waals surface area contributed by atoms with Crippen LogP contribution in [0.3, 0.4) is 0 Å². The standard InChI is InChI=1S/C17H31N3/c1-6-16(15-10-8-7-9-11-15)18-12(2)17-13(3)19-20(5)14(17)4/h12,15-16,18H,6-11H2,1-5H3. The van der Waals surface area contributed by atoms with E-state index in [9.17, 15) is 0 Å².